The number of fused-ring (bicyclic) bond motifs is 2. The van der Waals surface area contributed by atoms with Gasteiger partial charge < -0.3 is 4.74 Å². The summed E-state index contributed by atoms with van der Waals surface area (Å²) >= 11 is 0. The predicted molar refractivity (Wildman–Crippen MR) is 45.9 cm³/mol. The molecule has 0 N–H and O–H groups in total. The molecule has 3 nitrogen and oxygen atoms in total. The van der Waals surface area contributed by atoms with Crippen LogP contribution >= 0.6 is 0 Å². The van der Waals surface area contributed by atoms with E-state index in [1.165, 1.54) is 7.11 Å². The van der Waals surface area contributed by atoms with Crippen LogP contribution in [-0.4, -0.2) is 18.9 Å². The van der Waals surface area contributed by atoms with Gasteiger partial charge in [-0.1, -0.05) is 12.2 Å². The molecule has 0 amide bonds. The topological polar surface area (TPSA) is 43.4 Å². The molecule has 3 unspecified atom stereocenters. The van der Waals surface area contributed by atoms with Crippen molar-refractivity contribution in [1.82, 2.24) is 0 Å². The summed E-state index contributed by atoms with van der Waals surface area (Å²) in [6.07, 6.45) is 5.10. The maximum atomic E-state index is 11.4. The molecule has 0 aliphatic heterocycles. The Balaban J connectivity index is 2.01. The number of allylic oxidation sites excluding steroid dienone is 2. The monoisotopic (exact) mass is 180 g/mol. The van der Waals surface area contributed by atoms with Crippen LogP contribution in [0.5, 0.6) is 0 Å². The molecule has 70 valence electrons. The number of carbonyl (C=O) groups is 2. The van der Waals surface area contributed by atoms with Crippen LogP contribution in [0.3, 0.4) is 0 Å². The lowest BCUT2D eigenvalue weighted by atomic mass is 9.91. The molecule has 0 aromatic carbocycles. The zero-order valence-electron chi connectivity index (χ0n) is 7.53. The molecule has 0 heterocycles. The Hall–Kier alpha value is -1.12. The first-order valence-electron chi connectivity index (χ1n) is 4.51. The van der Waals surface area contributed by atoms with E-state index in [0.717, 1.165) is 6.42 Å². The van der Waals surface area contributed by atoms with Gasteiger partial charge in [0.15, 0.2) is 0 Å². The first-order valence-corrected chi connectivity index (χ1v) is 4.51. The molecule has 0 saturated heterocycles. The van der Waals surface area contributed by atoms with Crippen molar-refractivity contribution >= 4 is 11.8 Å². The predicted octanol–water partition coefficient (Wildman–Crippen LogP) is 0.941. The van der Waals surface area contributed by atoms with Crippen molar-refractivity contribution in [3.63, 3.8) is 0 Å². The smallest absolute Gasteiger partial charge is 0.305 e. The highest BCUT2D eigenvalue weighted by Crippen LogP contribution is 2.42. The molecule has 2 aliphatic carbocycles. The summed E-state index contributed by atoms with van der Waals surface area (Å²) < 4.78 is 4.58. The number of hydrogen-bond acceptors (Lipinski definition) is 3. The van der Waals surface area contributed by atoms with Gasteiger partial charge >= 0.3 is 5.97 Å². The fraction of sp³-hybridized carbons (Fsp3) is 0.600. The number of hydrogen-bond donors (Lipinski definition) is 0. The molecular formula is C10H12O3. The summed E-state index contributed by atoms with van der Waals surface area (Å²) in [6, 6.07) is 0. The lowest BCUT2D eigenvalue weighted by molar-refractivity contribution is -0.141. The summed E-state index contributed by atoms with van der Waals surface area (Å²) in [5.41, 5.74) is 0. The van der Waals surface area contributed by atoms with Crippen molar-refractivity contribution in [2.75, 3.05) is 7.11 Å². The molecule has 3 atom stereocenters. The highest BCUT2D eigenvalue weighted by atomic mass is 16.5. The zero-order chi connectivity index (χ0) is 9.42. The van der Waals surface area contributed by atoms with Gasteiger partial charge in [0.2, 0.25) is 0 Å². The van der Waals surface area contributed by atoms with Gasteiger partial charge in [0, 0.05) is 18.3 Å². The highest BCUT2D eigenvalue weighted by molar-refractivity contribution is 5.92. The average Bonchev–Trinajstić information content (AvgIpc) is 2.61. The van der Waals surface area contributed by atoms with E-state index in [9.17, 15) is 9.59 Å². The Morgan fingerprint density at radius 2 is 2.38 bits per heavy atom. The van der Waals surface area contributed by atoms with Gasteiger partial charge in [-0.3, -0.25) is 9.59 Å². The van der Waals surface area contributed by atoms with Crippen LogP contribution in [0.4, 0.5) is 0 Å². The fourth-order valence-corrected chi connectivity index (χ4v) is 2.26. The number of esters is 1. The molecular weight excluding hydrogens is 168 g/mol. The number of ketones is 1. The van der Waals surface area contributed by atoms with Gasteiger partial charge in [-0.2, -0.15) is 0 Å². The van der Waals surface area contributed by atoms with Gasteiger partial charge in [0.05, 0.1) is 7.11 Å². The Kier molecular flexibility index (Phi) is 1.94. The second-order valence-corrected chi connectivity index (χ2v) is 3.70. The van der Waals surface area contributed by atoms with E-state index < -0.39 is 0 Å². The van der Waals surface area contributed by atoms with Crippen molar-refractivity contribution in [2.45, 2.75) is 12.8 Å². The molecule has 1 saturated carbocycles. The Morgan fingerprint density at radius 3 is 2.85 bits per heavy atom. The van der Waals surface area contributed by atoms with Gasteiger partial charge in [0.25, 0.3) is 0 Å². The molecule has 2 aliphatic rings. The number of rotatable bonds is 2. The third-order valence-corrected chi connectivity index (χ3v) is 2.97. The first kappa shape index (κ1) is 8.48. The Bertz CT molecular complexity index is 280. The molecule has 2 bridgehead atoms. The molecule has 0 radical (unpaired) electrons. The van der Waals surface area contributed by atoms with Crippen molar-refractivity contribution in [3.05, 3.63) is 12.2 Å². The van der Waals surface area contributed by atoms with Crippen LogP contribution in [0.15, 0.2) is 12.2 Å². The Morgan fingerprint density at radius 1 is 1.62 bits per heavy atom. The van der Waals surface area contributed by atoms with Crippen LogP contribution in [0, 0.1) is 17.8 Å². The summed E-state index contributed by atoms with van der Waals surface area (Å²) in [5, 5.41) is 0. The standard InChI is InChI=1S/C10H12O3/c1-13-9(11)5-7-4-6-2-3-8(7)10(6)12/h2-3,6-8H,4-5H2,1H3. The summed E-state index contributed by atoms with van der Waals surface area (Å²) in [5.74, 6) is 0.339. The third kappa shape index (κ3) is 1.28. The second kappa shape index (κ2) is 2.98. The van der Waals surface area contributed by atoms with Crippen molar-refractivity contribution in [2.24, 2.45) is 17.8 Å². The number of Topliss-reactive ketones (excluding diaryl/α,β-unsaturated/α-hetero) is 1. The fourth-order valence-electron chi connectivity index (χ4n) is 2.26. The minimum Gasteiger partial charge on any atom is -0.469 e. The van der Waals surface area contributed by atoms with E-state index in [4.69, 9.17) is 0 Å². The minimum absolute atomic E-state index is 0.0101. The van der Waals surface area contributed by atoms with Crippen LogP contribution in [0.1, 0.15) is 12.8 Å². The van der Waals surface area contributed by atoms with Gasteiger partial charge in [0.1, 0.15) is 5.78 Å². The molecule has 13 heavy (non-hydrogen) atoms. The van der Waals surface area contributed by atoms with Crippen molar-refractivity contribution in [3.8, 4) is 0 Å². The van der Waals surface area contributed by atoms with E-state index in [-0.39, 0.29) is 29.5 Å². The van der Waals surface area contributed by atoms with E-state index >= 15 is 0 Å². The van der Waals surface area contributed by atoms with Gasteiger partial charge in [-0.15, -0.1) is 0 Å². The normalized spacial score (nSPS) is 35.5. The number of methoxy groups -OCH3 is 1. The van der Waals surface area contributed by atoms with E-state index in [1.807, 2.05) is 12.2 Å². The lowest BCUT2D eigenvalue weighted by Crippen LogP contribution is -2.15. The summed E-state index contributed by atoms with van der Waals surface area (Å²) in [6.45, 7) is 0. The molecule has 0 spiro atoms. The molecule has 1 fully saturated rings. The van der Waals surface area contributed by atoms with Crippen LogP contribution in [-0.2, 0) is 14.3 Å². The largest absolute Gasteiger partial charge is 0.469 e. The van der Waals surface area contributed by atoms with Gasteiger partial charge in [-0.05, 0) is 12.3 Å². The summed E-state index contributed by atoms with van der Waals surface area (Å²) in [4.78, 5) is 22.4. The quantitative estimate of drug-likeness (QED) is 0.469. The second-order valence-electron chi connectivity index (χ2n) is 3.70. The minimum atomic E-state index is -0.209. The van der Waals surface area contributed by atoms with Crippen LogP contribution < -0.4 is 0 Å². The summed E-state index contributed by atoms with van der Waals surface area (Å²) in [7, 11) is 1.38. The van der Waals surface area contributed by atoms with E-state index in [2.05, 4.69) is 4.74 Å². The SMILES string of the molecule is COC(=O)CC1CC2C=CC1C2=O. The molecule has 2 rings (SSSR count). The van der Waals surface area contributed by atoms with E-state index in [1.54, 1.807) is 0 Å². The highest BCUT2D eigenvalue weighted by Gasteiger charge is 2.44. The van der Waals surface area contributed by atoms with Crippen LogP contribution in [0.25, 0.3) is 0 Å². The third-order valence-electron chi connectivity index (χ3n) is 2.97. The molecule has 3 heteroatoms. The average molecular weight is 180 g/mol. The van der Waals surface area contributed by atoms with E-state index in [0.29, 0.717) is 6.42 Å². The van der Waals surface area contributed by atoms with Crippen molar-refractivity contribution in [1.29, 1.82) is 0 Å². The number of ether oxygens (including phenoxy) is 1. The lowest BCUT2D eigenvalue weighted by Gasteiger charge is -2.14. The van der Waals surface area contributed by atoms with Crippen molar-refractivity contribution < 1.29 is 14.3 Å². The molecule has 0 aromatic heterocycles. The Labute approximate surface area is 76.8 Å². The maximum Gasteiger partial charge on any atom is 0.305 e. The zero-order valence-corrected chi connectivity index (χ0v) is 7.53. The van der Waals surface area contributed by atoms with Gasteiger partial charge in [-0.25, -0.2) is 0 Å². The maximum absolute atomic E-state index is 11.4. The number of carbonyl (C=O) groups excluding carboxylic acids is 2. The molecule has 0 aromatic rings. The first-order chi connectivity index (χ1) is 6.22. The van der Waals surface area contributed by atoms with Crippen LogP contribution in [0.2, 0.25) is 0 Å².